The zero-order chi connectivity index (χ0) is 19.8. The summed E-state index contributed by atoms with van der Waals surface area (Å²) in [6.07, 6.45) is 7.37. The number of thiazole rings is 1. The van der Waals surface area contributed by atoms with Crippen LogP contribution in [0.1, 0.15) is 54.6 Å². The van der Waals surface area contributed by atoms with Crippen LogP contribution in [-0.4, -0.2) is 67.4 Å². The van der Waals surface area contributed by atoms with Gasteiger partial charge in [-0.15, -0.1) is 11.3 Å². The van der Waals surface area contributed by atoms with Gasteiger partial charge in [0.05, 0.1) is 29.5 Å². The van der Waals surface area contributed by atoms with Gasteiger partial charge in [0.25, 0.3) is 0 Å². The Bertz CT molecular complexity index is 620. The van der Waals surface area contributed by atoms with Crippen LogP contribution in [0.2, 0.25) is 0 Å². The standard InChI is InChI=1S/C21H36N4O2S/c1-4-22-21(23-11-8-20-16(2)24-17(3)28-20)25-12-9-18(10-13-25)27-15-19-7-5-6-14-26-19/h18-19H,4-15H2,1-3H3,(H,22,23). The molecule has 0 amide bonds. The van der Waals surface area contributed by atoms with Crippen LogP contribution in [0, 0.1) is 13.8 Å². The summed E-state index contributed by atoms with van der Waals surface area (Å²) in [7, 11) is 0. The van der Waals surface area contributed by atoms with E-state index in [4.69, 9.17) is 14.5 Å². The third-order valence-corrected chi connectivity index (χ3v) is 6.60. The van der Waals surface area contributed by atoms with Crippen molar-refractivity contribution in [3.05, 3.63) is 15.6 Å². The molecule has 1 unspecified atom stereocenters. The van der Waals surface area contributed by atoms with Crippen molar-refractivity contribution in [2.45, 2.75) is 71.5 Å². The Morgan fingerprint density at radius 3 is 2.75 bits per heavy atom. The van der Waals surface area contributed by atoms with Crippen LogP contribution in [0.4, 0.5) is 0 Å². The van der Waals surface area contributed by atoms with Crippen LogP contribution in [0.15, 0.2) is 4.99 Å². The number of guanidine groups is 1. The van der Waals surface area contributed by atoms with Gasteiger partial charge >= 0.3 is 0 Å². The van der Waals surface area contributed by atoms with E-state index in [1.807, 2.05) is 0 Å². The molecular formula is C21H36N4O2S. The van der Waals surface area contributed by atoms with Gasteiger partial charge in [0, 0.05) is 44.1 Å². The Kier molecular flexibility index (Phi) is 8.55. The second-order valence-corrected chi connectivity index (χ2v) is 9.02. The molecule has 28 heavy (non-hydrogen) atoms. The van der Waals surface area contributed by atoms with E-state index in [2.05, 4.69) is 36.0 Å². The van der Waals surface area contributed by atoms with Gasteiger partial charge in [-0.1, -0.05) is 0 Å². The average Bonchev–Trinajstić information content (AvgIpc) is 3.04. The third-order valence-electron chi connectivity index (χ3n) is 5.47. The highest BCUT2D eigenvalue weighted by Gasteiger charge is 2.23. The highest BCUT2D eigenvalue weighted by molar-refractivity contribution is 7.11. The van der Waals surface area contributed by atoms with E-state index in [-0.39, 0.29) is 0 Å². The minimum Gasteiger partial charge on any atom is -0.376 e. The number of nitrogens with zero attached hydrogens (tertiary/aromatic N) is 3. The van der Waals surface area contributed by atoms with E-state index in [1.165, 1.54) is 17.7 Å². The molecule has 0 saturated carbocycles. The molecule has 0 spiro atoms. The van der Waals surface area contributed by atoms with Gasteiger partial charge in [-0.2, -0.15) is 0 Å². The first-order chi connectivity index (χ1) is 13.7. The van der Waals surface area contributed by atoms with Crippen molar-refractivity contribution in [2.24, 2.45) is 4.99 Å². The molecule has 0 radical (unpaired) electrons. The number of likely N-dealkylation sites (tertiary alicyclic amines) is 1. The number of nitrogens with one attached hydrogen (secondary N) is 1. The summed E-state index contributed by atoms with van der Waals surface area (Å²) < 4.78 is 11.9. The maximum absolute atomic E-state index is 6.15. The highest BCUT2D eigenvalue weighted by Crippen LogP contribution is 2.19. The summed E-state index contributed by atoms with van der Waals surface area (Å²) in [6.45, 7) is 11.7. The Morgan fingerprint density at radius 2 is 2.11 bits per heavy atom. The molecule has 0 aromatic carbocycles. The monoisotopic (exact) mass is 408 g/mol. The number of aliphatic imine (C=N–C) groups is 1. The smallest absolute Gasteiger partial charge is 0.193 e. The lowest BCUT2D eigenvalue weighted by Gasteiger charge is -2.35. The molecule has 2 aliphatic heterocycles. The largest absolute Gasteiger partial charge is 0.376 e. The molecular weight excluding hydrogens is 372 g/mol. The van der Waals surface area contributed by atoms with Gasteiger partial charge in [-0.05, 0) is 52.9 Å². The molecule has 1 aromatic rings. The maximum atomic E-state index is 6.15. The fraction of sp³-hybridized carbons (Fsp3) is 0.810. The lowest BCUT2D eigenvalue weighted by atomic mass is 10.1. The molecule has 1 atom stereocenters. The SMILES string of the molecule is CCNC(=NCCc1sc(C)nc1C)N1CCC(OCC2CCCCO2)CC1. The zero-order valence-corrected chi connectivity index (χ0v) is 18.5. The molecule has 6 nitrogen and oxygen atoms in total. The Labute approximate surface area is 173 Å². The van der Waals surface area contributed by atoms with Crippen molar-refractivity contribution in [1.29, 1.82) is 0 Å². The number of hydrogen-bond donors (Lipinski definition) is 1. The summed E-state index contributed by atoms with van der Waals surface area (Å²) in [5, 5.41) is 4.60. The Morgan fingerprint density at radius 1 is 1.29 bits per heavy atom. The maximum Gasteiger partial charge on any atom is 0.193 e. The first kappa shape index (κ1) is 21.5. The summed E-state index contributed by atoms with van der Waals surface area (Å²) in [4.78, 5) is 13.1. The second kappa shape index (κ2) is 11.1. The van der Waals surface area contributed by atoms with Crippen molar-refractivity contribution in [1.82, 2.24) is 15.2 Å². The Hall–Kier alpha value is -1.18. The third kappa shape index (κ3) is 6.42. The zero-order valence-electron chi connectivity index (χ0n) is 17.7. The minimum atomic E-state index is 0.310. The molecule has 3 rings (SSSR count). The van der Waals surface area contributed by atoms with Crippen LogP contribution < -0.4 is 5.32 Å². The topological polar surface area (TPSA) is 59.0 Å². The lowest BCUT2D eigenvalue weighted by Crippen LogP contribution is -2.47. The molecule has 0 bridgehead atoms. The van der Waals surface area contributed by atoms with Crippen LogP contribution in [0.25, 0.3) is 0 Å². The van der Waals surface area contributed by atoms with Crippen LogP contribution in [-0.2, 0) is 15.9 Å². The molecule has 158 valence electrons. The van der Waals surface area contributed by atoms with Crippen molar-refractivity contribution in [3.63, 3.8) is 0 Å². The number of piperidine rings is 1. The van der Waals surface area contributed by atoms with E-state index in [1.54, 1.807) is 11.3 Å². The van der Waals surface area contributed by atoms with Crippen LogP contribution in [0.3, 0.4) is 0 Å². The molecule has 3 heterocycles. The number of ether oxygens (including phenoxy) is 2. The minimum absolute atomic E-state index is 0.310. The van der Waals surface area contributed by atoms with Crippen molar-refractivity contribution >= 4 is 17.3 Å². The summed E-state index contributed by atoms with van der Waals surface area (Å²) in [5.41, 5.74) is 1.16. The van der Waals surface area contributed by atoms with Gasteiger partial charge in [-0.3, -0.25) is 4.99 Å². The normalized spacial score (nSPS) is 21.9. The van der Waals surface area contributed by atoms with Gasteiger partial charge in [0.15, 0.2) is 5.96 Å². The van der Waals surface area contributed by atoms with E-state index in [0.717, 1.165) is 81.7 Å². The average molecular weight is 409 g/mol. The number of hydrogen-bond acceptors (Lipinski definition) is 5. The summed E-state index contributed by atoms with van der Waals surface area (Å²) in [6, 6.07) is 0. The summed E-state index contributed by atoms with van der Waals surface area (Å²) >= 11 is 1.79. The molecule has 2 saturated heterocycles. The molecule has 1 N–H and O–H groups in total. The van der Waals surface area contributed by atoms with E-state index < -0.39 is 0 Å². The number of aromatic nitrogens is 1. The first-order valence-electron chi connectivity index (χ1n) is 10.8. The van der Waals surface area contributed by atoms with Gasteiger partial charge in [0.2, 0.25) is 0 Å². The van der Waals surface area contributed by atoms with Crippen molar-refractivity contribution in [3.8, 4) is 0 Å². The highest BCUT2D eigenvalue weighted by atomic mass is 32.1. The molecule has 1 aromatic heterocycles. The van der Waals surface area contributed by atoms with Crippen molar-refractivity contribution < 1.29 is 9.47 Å². The molecule has 2 fully saturated rings. The fourth-order valence-corrected chi connectivity index (χ4v) is 4.84. The van der Waals surface area contributed by atoms with Gasteiger partial charge in [-0.25, -0.2) is 4.98 Å². The van der Waals surface area contributed by atoms with E-state index in [0.29, 0.717) is 12.2 Å². The predicted molar refractivity (Wildman–Crippen MR) is 115 cm³/mol. The van der Waals surface area contributed by atoms with E-state index >= 15 is 0 Å². The molecule has 7 heteroatoms. The van der Waals surface area contributed by atoms with E-state index in [9.17, 15) is 0 Å². The number of aryl methyl sites for hydroxylation is 2. The van der Waals surface area contributed by atoms with Crippen LogP contribution in [0.5, 0.6) is 0 Å². The number of rotatable bonds is 7. The first-order valence-corrected chi connectivity index (χ1v) is 11.7. The molecule has 0 aliphatic carbocycles. The quantitative estimate of drug-likeness (QED) is 0.554. The summed E-state index contributed by atoms with van der Waals surface area (Å²) in [5.74, 6) is 1.04. The van der Waals surface area contributed by atoms with Crippen molar-refractivity contribution in [2.75, 3.05) is 39.4 Å². The second-order valence-electron chi connectivity index (χ2n) is 7.74. The Balaban J connectivity index is 1.43. The van der Waals surface area contributed by atoms with Gasteiger partial charge < -0.3 is 19.7 Å². The fourth-order valence-electron chi connectivity index (χ4n) is 3.91. The molecule has 2 aliphatic rings. The lowest BCUT2D eigenvalue weighted by molar-refractivity contribution is -0.0721. The van der Waals surface area contributed by atoms with Gasteiger partial charge in [0.1, 0.15) is 0 Å². The van der Waals surface area contributed by atoms with Crippen LogP contribution >= 0.6 is 11.3 Å². The predicted octanol–water partition coefficient (Wildman–Crippen LogP) is 3.32.